The fourth-order valence-corrected chi connectivity index (χ4v) is 2.26. The van der Waals surface area contributed by atoms with Crippen molar-refractivity contribution in [2.45, 2.75) is 24.6 Å². The van der Waals surface area contributed by atoms with Gasteiger partial charge in [-0.15, -0.1) is 0 Å². The van der Waals surface area contributed by atoms with Crippen LogP contribution in [0.2, 0.25) is 0 Å². The number of benzene rings is 1. The van der Waals surface area contributed by atoms with Gasteiger partial charge in [0, 0.05) is 23.4 Å². The lowest BCUT2D eigenvalue weighted by Crippen LogP contribution is -2.13. The van der Waals surface area contributed by atoms with E-state index in [1.54, 1.807) is 6.26 Å². The molecule has 3 nitrogen and oxygen atoms in total. The number of rotatable bonds is 5. The van der Waals surface area contributed by atoms with E-state index in [0.29, 0.717) is 12.8 Å². The van der Waals surface area contributed by atoms with Gasteiger partial charge in [-0.3, -0.25) is 4.79 Å². The molecule has 1 heterocycles. The van der Waals surface area contributed by atoms with Crippen LogP contribution in [-0.2, 0) is 11.2 Å². The van der Waals surface area contributed by atoms with Gasteiger partial charge >= 0.3 is 0 Å². The summed E-state index contributed by atoms with van der Waals surface area (Å²) >= 11 is 3.53. The maximum atomic E-state index is 11.9. The molecule has 4 heteroatoms. The molecule has 1 atom stereocenters. The predicted octanol–water partition coefficient (Wildman–Crippen LogP) is 4.31. The van der Waals surface area contributed by atoms with E-state index >= 15 is 0 Å². The molecule has 0 fully saturated rings. The number of carbonyl (C=O) groups excluding carboxylic acids is 1. The van der Waals surface area contributed by atoms with E-state index in [1.807, 2.05) is 43.3 Å². The summed E-state index contributed by atoms with van der Waals surface area (Å²) in [6, 6.07) is 11.5. The van der Waals surface area contributed by atoms with Crippen molar-refractivity contribution in [2.24, 2.45) is 0 Å². The number of hydrogen-bond acceptors (Lipinski definition) is 2. The van der Waals surface area contributed by atoms with Gasteiger partial charge < -0.3 is 9.73 Å². The molecule has 100 valence electrons. The molecule has 0 radical (unpaired) electrons. The van der Waals surface area contributed by atoms with Gasteiger partial charge in [0.05, 0.1) is 6.26 Å². The number of nitrogens with one attached hydrogen (secondary N) is 1. The highest BCUT2D eigenvalue weighted by atomic mass is 79.9. The summed E-state index contributed by atoms with van der Waals surface area (Å²) in [5, 5.41) is 2.94. The number of alkyl halides is 1. The second-order valence-corrected chi connectivity index (χ2v) is 5.70. The molecule has 1 amide bonds. The minimum atomic E-state index is -0.00278. The zero-order valence-corrected chi connectivity index (χ0v) is 12.3. The van der Waals surface area contributed by atoms with Crippen molar-refractivity contribution in [3.63, 3.8) is 0 Å². The van der Waals surface area contributed by atoms with Crippen LogP contribution in [0.15, 0.2) is 47.1 Å². The molecule has 2 aromatic rings. The average molecular weight is 322 g/mol. The Morgan fingerprint density at radius 3 is 2.79 bits per heavy atom. The van der Waals surface area contributed by atoms with Crippen LogP contribution in [0.3, 0.4) is 0 Å². The molecule has 1 aromatic carbocycles. The lowest BCUT2D eigenvalue weighted by molar-refractivity contribution is -0.116. The molecule has 0 spiro atoms. The summed E-state index contributed by atoms with van der Waals surface area (Å²) < 4.78 is 5.21. The number of carbonyl (C=O) groups is 1. The third-order valence-electron chi connectivity index (χ3n) is 2.84. The van der Waals surface area contributed by atoms with Gasteiger partial charge in [0.15, 0.2) is 0 Å². The molecular formula is C15H16BrNO2. The Labute approximate surface area is 121 Å². The monoisotopic (exact) mass is 321 g/mol. The first-order valence-electron chi connectivity index (χ1n) is 6.22. The molecular weight excluding hydrogens is 306 g/mol. The third-order valence-corrected chi connectivity index (χ3v) is 3.34. The Morgan fingerprint density at radius 2 is 2.11 bits per heavy atom. The first-order valence-corrected chi connectivity index (χ1v) is 7.13. The van der Waals surface area contributed by atoms with Crippen LogP contribution in [0.1, 0.15) is 29.5 Å². The molecule has 0 bridgehead atoms. The van der Waals surface area contributed by atoms with Gasteiger partial charge in [-0.2, -0.15) is 0 Å². The van der Waals surface area contributed by atoms with E-state index in [9.17, 15) is 4.79 Å². The summed E-state index contributed by atoms with van der Waals surface area (Å²) in [5.41, 5.74) is 1.94. The molecule has 0 aliphatic heterocycles. The van der Waals surface area contributed by atoms with E-state index in [-0.39, 0.29) is 10.7 Å². The number of para-hydroxylation sites is 1. The van der Waals surface area contributed by atoms with Gasteiger partial charge in [0.1, 0.15) is 5.76 Å². The lowest BCUT2D eigenvalue weighted by atomic mass is 10.1. The molecule has 0 saturated heterocycles. The van der Waals surface area contributed by atoms with Gasteiger partial charge in [0.2, 0.25) is 5.91 Å². The largest absolute Gasteiger partial charge is 0.469 e. The Hall–Kier alpha value is -1.55. The molecule has 1 unspecified atom stereocenters. The fourth-order valence-electron chi connectivity index (χ4n) is 1.86. The third kappa shape index (κ3) is 3.96. The first kappa shape index (κ1) is 13.9. The maximum Gasteiger partial charge on any atom is 0.224 e. The highest BCUT2D eigenvalue weighted by Crippen LogP contribution is 2.28. The van der Waals surface area contributed by atoms with E-state index < -0.39 is 0 Å². The second-order valence-electron chi connectivity index (χ2n) is 4.33. The number of hydrogen-bond donors (Lipinski definition) is 1. The van der Waals surface area contributed by atoms with Crippen LogP contribution in [0, 0.1) is 0 Å². The summed E-state index contributed by atoms with van der Waals surface area (Å²) in [6.45, 7) is 2.04. The van der Waals surface area contributed by atoms with Crippen molar-refractivity contribution in [2.75, 3.05) is 5.32 Å². The number of anilines is 1. The molecule has 0 saturated carbocycles. The van der Waals surface area contributed by atoms with E-state index in [0.717, 1.165) is 17.0 Å². The van der Waals surface area contributed by atoms with E-state index in [1.165, 1.54) is 0 Å². The first-order chi connectivity index (χ1) is 9.16. The fraction of sp³-hybridized carbons (Fsp3) is 0.267. The molecule has 2 rings (SSSR count). The zero-order valence-electron chi connectivity index (χ0n) is 10.7. The molecule has 1 aromatic heterocycles. The SMILES string of the molecule is CC(Br)c1ccccc1NC(=O)CCc1ccco1. The predicted molar refractivity (Wildman–Crippen MR) is 79.4 cm³/mol. The highest BCUT2D eigenvalue weighted by Gasteiger charge is 2.10. The van der Waals surface area contributed by atoms with Crippen molar-refractivity contribution in [1.29, 1.82) is 0 Å². The summed E-state index contributed by atoms with van der Waals surface area (Å²) in [5.74, 6) is 0.828. The summed E-state index contributed by atoms with van der Waals surface area (Å²) in [6.07, 6.45) is 2.65. The van der Waals surface area contributed by atoms with E-state index in [4.69, 9.17) is 4.42 Å². The van der Waals surface area contributed by atoms with Gasteiger partial charge in [-0.1, -0.05) is 34.1 Å². The zero-order chi connectivity index (χ0) is 13.7. The standard InChI is InChI=1S/C15H16BrNO2/c1-11(16)13-6-2-3-7-14(13)17-15(18)9-8-12-5-4-10-19-12/h2-7,10-11H,8-9H2,1H3,(H,17,18). The van der Waals surface area contributed by atoms with Gasteiger partial charge in [0.25, 0.3) is 0 Å². The van der Waals surface area contributed by atoms with Crippen LogP contribution in [0.5, 0.6) is 0 Å². The number of aryl methyl sites for hydroxylation is 1. The molecule has 0 aliphatic carbocycles. The smallest absolute Gasteiger partial charge is 0.224 e. The Morgan fingerprint density at radius 1 is 1.32 bits per heavy atom. The quantitative estimate of drug-likeness (QED) is 0.834. The Kier molecular flexibility index (Phi) is 4.80. The topological polar surface area (TPSA) is 42.2 Å². The maximum absolute atomic E-state index is 11.9. The summed E-state index contributed by atoms with van der Waals surface area (Å²) in [7, 11) is 0. The molecule has 1 N–H and O–H groups in total. The highest BCUT2D eigenvalue weighted by molar-refractivity contribution is 9.09. The Balaban J connectivity index is 1.95. The minimum Gasteiger partial charge on any atom is -0.469 e. The van der Waals surface area contributed by atoms with E-state index in [2.05, 4.69) is 21.2 Å². The summed E-state index contributed by atoms with van der Waals surface area (Å²) in [4.78, 5) is 12.1. The minimum absolute atomic E-state index is 0.00278. The number of halogens is 1. The normalized spacial score (nSPS) is 12.1. The van der Waals surface area contributed by atoms with Gasteiger partial charge in [-0.25, -0.2) is 0 Å². The van der Waals surface area contributed by atoms with Crippen LogP contribution >= 0.6 is 15.9 Å². The molecule has 19 heavy (non-hydrogen) atoms. The van der Waals surface area contributed by atoms with Crippen molar-refractivity contribution < 1.29 is 9.21 Å². The van der Waals surface area contributed by atoms with Crippen molar-refractivity contribution in [3.8, 4) is 0 Å². The van der Waals surface area contributed by atoms with Crippen LogP contribution in [0.25, 0.3) is 0 Å². The molecule has 0 aliphatic rings. The van der Waals surface area contributed by atoms with Crippen LogP contribution < -0.4 is 5.32 Å². The van der Waals surface area contributed by atoms with Crippen LogP contribution in [0.4, 0.5) is 5.69 Å². The lowest BCUT2D eigenvalue weighted by Gasteiger charge is -2.12. The Bertz CT molecular complexity index is 535. The van der Waals surface area contributed by atoms with Gasteiger partial charge in [-0.05, 0) is 30.7 Å². The average Bonchev–Trinajstić information content (AvgIpc) is 2.90. The van der Waals surface area contributed by atoms with Crippen molar-refractivity contribution in [3.05, 3.63) is 54.0 Å². The van der Waals surface area contributed by atoms with Crippen molar-refractivity contribution in [1.82, 2.24) is 0 Å². The van der Waals surface area contributed by atoms with Crippen LogP contribution in [-0.4, -0.2) is 5.91 Å². The number of furan rings is 1. The van der Waals surface area contributed by atoms with Crippen molar-refractivity contribution >= 4 is 27.5 Å². The number of amides is 1. The second kappa shape index (κ2) is 6.57.